The van der Waals surface area contributed by atoms with Crippen molar-refractivity contribution in [1.29, 1.82) is 0 Å². The quantitative estimate of drug-likeness (QED) is 0.723. The summed E-state index contributed by atoms with van der Waals surface area (Å²) in [6.07, 6.45) is 6.83. The lowest BCUT2D eigenvalue weighted by molar-refractivity contribution is 0.112. The van der Waals surface area contributed by atoms with E-state index in [0.29, 0.717) is 5.56 Å². The van der Waals surface area contributed by atoms with Crippen molar-refractivity contribution in [3.63, 3.8) is 0 Å². The summed E-state index contributed by atoms with van der Waals surface area (Å²) >= 11 is 0. The van der Waals surface area contributed by atoms with Crippen molar-refractivity contribution in [3.8, 4) is 0 Å². The van der Waals surface area contributed by atoms with Gasteiger partial charge in [-0.3, -0.25) is 9.78 Å². The van der Waals surface area contributed by atoms with Crippen LogP contribution in [0.2, 0.25) is 0 Å². The van der Waals surface area contributed by atoms with Crippen LogP contribution in [-0.2, 0) is 0 Å². The molecule has 0 bridgehead atoms. The fraction of sp³-hybridized carbons (Fsp3) is 0.455. The molecule has 0 spiro atoms. The number of carbonyl (C=O) groups is 1. The van der Waals surface area contributed by atoms with Gasteiger partial charge in [0.05, 0.1) is 0 Å². The van der Waals surface area contributed by atoms with Crippen LogP contribution in [0.4, 0.5) is 0 Å². The number of hydrogen-bond acceptors (Lipinski definition) is 3. The summed E-state index contributed by atoms with van der Waals surface area (Å²) in [4.78, 5) is 14.0. The van der Waals surface area contributed by atoms with Crippen LogP contribution in [0.1, 0.15) is 28.8 Å². The number of nitrogens with zero attached hydrogens (tertiary/aromatic N) is 1. The van der Waals surface area contributed by atoms with E-state index in [1.165, 1.54) is 12.8 Å². The second-order valence-electron chi connectivity index (χ2n) is 3.41. The van der Waals surface area contributed by atoms with E-state index in [2.05, 4.69) is 10.3 Å². The molecule has 2 rings (SSSR count). The van der Waals surface area contributed by atoms with Crippen molar-refractivity contribution in [3.05, 3.63) is 29.6 Å². The number of carbonyl (C=O) groups excluding carboxylic acids is 1. The van der Waals surface area contributed by atoms with Gasteiger partial charge in [-0.05, 0) is 38.4 Å². The first-order valence-corrected chi connectivity index (χ1v) is 4.81. The minimum Gasteiger partial charge on any atom is -0.317 e. The van der Waals surface area contributed by atoms with E-state index in [-0.39, 0.29) is 0 Å². The van der Waals surface area contributed by atoms with Crippen LogP contribution in [0, 0.1) is 6.92 Å². The summed E-state index contributed by atoms with van der Waals surface area (Å²) in [5, 5.41) is 3.14. The summed E-state index contributed by atoms with van der Waals surface area (Å²) in [5.74, 6) is 0. The third-order valence-corrected chi connectivity index (χ3v) is 2.19. The minimum atomic E-state index is 0.664. The van der Waals surface area contributed by atoms with Crippen molar-refractivity contribution in [2.45, 2.75) is 25.8 Å². The first kappa shape index (κ1) is 10.9. The highest BCUT2D eigenvalue weighted by Crippen LogP contribution is 2.16. The van der Waals surface area contributed by atoms with Crippen molar-refractivity contribution >= 4 is 6.29 Å². The first-order valence-electron chi connectivity index (χ1n) is 4.81. The Morgan fingerprint density at radius 3 is 2.57 bits per heavy atom. The standard InChI is InChI=1S/C7H7NO.C4H9N/c1-6-2-3-8-4-7(6)5-9;1-5-4-2-3-4/h2-5H,1H3;4-5H,2-3H2,1H3. The molecule has 14 heavy (non-hydrogen) atoms. The summed E-state index contributed by atoms with van der Waals surface area (Å²) in [7, 11) is 2.01. The Balaban J connectivity index is 0.000000165. The molecule has 0 unspecified atom stereocenters. The molecule has 0 aliphatic heterocycles. The number of aromatic nitrogens is 1. The third-order valence-electron chi connectivity index (χ3n) is 2.19. The first-order chi connectivity index (χ1) is 6.77. The molecule has 1 aliphatic rings. The van der Waals surface area contributed by atoms with Gasteiger partial charge < -0.3 is 5.32 Å². The molecule has 1 saturated carbocycles. The maximum Gasteiger partial charge on any atom is 0.151 e. The number of rotatable bonds is 2. The second kappa shape index (κ2) is 5.50. The molecular weight excluding hydrogens is 176 g/mol. The Kier molecular flexibility index (Phi) is 4.26. The Hall–Kier alpha value is -1.22. The topological polar surface area (TPSA) is 42.0 Å². The fourth-order valence-electron chi connectivity index (χ4n) is 0.972. The molecule has 1 N–H and O–H groups in total. The second-order valence-corrected chi connectivity index (χ2v) is 3.41. The Bertz CT molecular complexity index is 295. The zero-order valence-corrected chi connectivity index (χ0v) is 8.66. The molecular formula is C11H16N2O. The minimum absolute atomic E-state index is 0.664. The van der Waals surface area contributed by atoms with Crippen LogP contribution < -0.4 is 5.32 Å². The van der Waals surface area contributed by atoms with E-state index in [9.17, 15) is 4.79 Å². The predicted octanol–water partition coefficient (Wildman–Crippen LogP) is 1.57. The van der Waals surface area contributed by atoms with Gasteiger partial charge in [0.2, 0.25) is 0 Å². The summed E-state index contributed by atoms with van der Waals surface area (Å²) < 4.78 is 0. The number of pyridine rings is 1. The highest BCUT2D eigenvalue weighted by molar-refractivity contribution is 5.76. The van der Waals surface area contributed by atoms with Gasteiger partial charge >= 0.3 is 0 Å². The number of hydrogen-bond donors (Lipinski definition) is 1. The average molecular weight is 192 g/mol. The van der Waals surface area contributed by atoms with E-state index in [0.717, 1.165) is 17.9 Å². The lowest BCUT2D eigenvalue weighted by atomic mass is 10.2. The lowest BCUT2D eigenvalue weighted by Gasteiger charge is -1.91. The van der Waals surface area contributed by atoms with Crippen molar-refractivity contribution in [2.24, 2.45) is 0 Å². The van der Waals surface area contributed by atoms with Gasteiger partial charge in [-0.1, -0.05) is 0 Å². The normalized spacial score (nSPS) is 14.1. The van der Waals surface area contributed by atoms with Gasteiger partial charge in [-0.2, -0.15) is 0 Å². The van der Waals surface area contributed by atoms with Gasteiger partial charge in [-0.25, -0.2) is 0 Å². The Labute approximate surface area is 84.6 Å². The SMILES string of the molecule is CNC1CC1.Cc1ccncc1C=O. The summed E-state index contributed by atoms with van der Waals surface area (Å²) in [6.45, 7) is 1.88. The molecule has 0 amide bonds. The van der Waals surface area contributed by atoms with Gasteiger partial charge in [0, 0.05) is 24.0 Å². The van der Waals surface area contributed by atoms with Crippen LogP contribution in [-0.4, -0.2) is 24.4 Å². The number of aryl methyl sites for hydroxylation is 1. The zero-order valence-electron chi connectivity index (χ0n) is 8.66. The molecule has 0 radical (unpaired) electrons. The number of aldehydes is 1. The average Bonchev–Trinajstić information content (AvgIpc) is 3.03. The molecule has 0 atom stereocenters. The smallest absolute Gasteiger partial charge is 0.151 e. The Morgan fingerprint density at radius 1 is 1.57 bits per heavy atom. The molecule has 3 nitrogen and oxygen atoms in total. The largest absolute Gasteiger partial charge is 0.317 e. The molecule has 1 aromatic heterocycles. The van der Waals surface area contributed by atoms with Crippen LogP contribution >= 0.6 is 0 Å². The highest BCUT2D eigenvalue weighted by atomic mass is 16.1. The maximum atomic E-state index is 10.2. The number of nitrogens with one attached hydrogen (secondary N) is 1. The molecule has 1 fully saturated rings. The Morgan fingerprint density at radius 2 is 2.29 bits per heavy atom. The van der Waals surface area contributed by atoms with Crippen LogP contribution in [0.25, 0.3) is 0 Å². The van der Waals surface area contributed by atoms with Gasteiger partial charge in [0.1, 0.15) is 0 Å². The van der Waals surface area contributed by atoms with Crippen molar-refractivity contribution < 1.29 is 4.79 Å². The molecule has 76 valence electrons. The van der Waals surface area contributed by atoms with Gasteiger partial charge in [0.15, 0.2) is 6.29 Å². The van der Waals surface area contributed by atoms with Crippen LogP contribution in [0.3, 0.4) is 0 Å². The van der Waals surface area contributed by atoms with Crippen molar-refractivity contribution in [1.82, 2.24) is 10.3 Å². The molecule has 1 aliphatic carbocycles. The molecule has 0 saturated heterocycles. The van der Waals surface area contributed by atoms with E-state index >= 15 is 0 Å². The predicted molar refractivity (Wildman–Crippen MR) is 56.4 cm³/mol. The molecule has 0 aromatic carbocycles. The van der Waals surface area contributed by atoms with E-state index in [1.54, 1.807) is 12.4 Å². The van der Waals surface area contributed by atoms with Gasteiger partial charge in [-0.15, -0.1) is 0 Å². The third kappa shape index (κ3) is 3.66. The lowest BCUT2D eigenvalue weighted by Crippen LogP contribution is -2.06. The van der Waals surface area contributed by atoms with E-state index < -0.39 is 0 Å². The van der Waals surface area contributed by atoms with E-state index in [1.807, 2.05) is 20.0 Å². The highest BCUT2D eigenvalue weighted by Gasteiger charge is 2.17. The summed E-state index contributed by atoms with van der Waals surface area (Å²) in [5.41, 5.74) is 1.64. The van der Waals surface area contributed by atoms with Crippen molar-refractivity contribution in [2.75, 3.05) is 7.05 Å². The molecule has 1 aromatic rings. The van der Waals surface area contributed by atoms with Crippen LogP contribution in [0.5, 0.6) is 0 Å². The summed E-state index contributed by atoms with van der Waals surface area (Å²) in [6, 6.07) is 2.69. The maximum absolute atomic E-state index is 10.2. The van der Waals surface area contributed by atoms with Gasteiger partial charge in [0.25, 0.3) is 0 Å². The van der Waals surface area contributed by atoms with Crippen LogP contribution in [0.15, 0.2) is 18.5 Å². The fourth-order valence-corrected chi connectivity index (χ4v) is 0.972. The zero-order chi connectivity index (χ0) is 10.4. The monoisotopic (exact) mass is 192 g/mol. The molecule has 1 heterocycles. The van der Waals surface area contributed by atoms with E-state index in [4.69, 9.17) is 0 Å². The molecule has 3 heteroatoms.